The van der Waals surface area contributed by atoms with E-state index in [9.17, 15) is 65.2 Å². The minimum Gasteiger partial charge on any atom is -0.506 e. The number of esters is 1. The minimum atomic E-state index is -6.90. The first-order chi connectivity index (χ1) is 32.0. The lowest BCUT2D eigenvalue weighted by atomic mass is 9.76. The third-order valence-electron chi connectivity index (χ3n) is 10.9. The summed E-state index contributed by atoms with van der Waals surface area (Å²) in [6, 6.07) is 7.37. The third kappa shape index (κ3) is 12.8. The van der Waals surface area contributed by atoms with E-state index in [0.29, 0.717) is 42.5 Å². The van der Waals surface area contributed by atoms with E-state index in [1.807, 2.05) is 39.8 Å². The van der Waals surface area contributed by atoms with Gasteiger partial charge in [-0.25, -0.2) is 0 Å². The van der Waals surface area contributed by atoms with Crippen LogP contribution < -0.4 is 25.4 Å². The first-order valence-electron chi connectivity index (χ1n) is 20.8. The van der Waals surface area contributed by atoms with Gasteiger partial charge in [0, 0.05) is 24.2 Å². The van der Waals surface area contributed by atoms with Crippen molar-refractivity contribution in [2.45, 2.75) is 122 Å². The molecule has 1 atom stereocenters. The molecular weight excluding hydrogens is 988 g/mol. The van der Waals surface area contributed by atoms with Gasteiger partial charge in [0.15, 0.2) is 32.5 Å². The Bertz CT molecular complexity index is 2560. The summed E-state index contributed by atoms with van der Waals surface area (Å²) in [6.45, 7) is 14.7. The molecule has 378 valence electrons. The molecule has 3 aromatic carbocycles. The number of aromatic nitrogens is 2. The topological polar surface area (TPSA) is 219 Å². The summed E-state index contributed by atoms with van der Waals surface area (Å²) < 4.78 is 112. The molecule has 1 aromatic heterocycles. The molecule has 0 saturated carbocycles. The summed E-state index contributed by atoms with van der Waals surface area (Å²) in [5.74, 6) is -23.6. The van der Waals surface area contributed by atoms with Gasteiger partial charge in [-0.15, -0.1) is 10.2 Å². The second-order valence-corrected chi connectivity index (χ2v) is 20.3. The Balaban J connectivity index is 1.82. The smallest absolute Gasteiger partial charge is 0.460 e. The number of phenolic OH excluding ortho intramolecular Hbond substituents is 3. The molecule has 25 heteroatoms. The van der Waals surface area contributed by atoms with E-state index in [1.54, 1.807) is 19.9 Å². The number of nitrogens with one attached hydrogen (secondary N) is 3. The van der Waals surface area contributed by atoms with Gasteiger partial charge in [-0.1, -0.05) is 95.5 Å². The lowest BCUT2D eigenvalue weighted by Crippen LogP contribution is -2.57. The number of carbonyl (C=O) groups is 4. The van der Waals surface area contributed by atoms with Gasteiger partial charge in [-0.2, -0.15) is 30.7 Å². The molecule has 1 unspecified atom stereocenters. The van der Waals surface area contributed by atoms with Crippen molar-refractivity contribution < 1.29 is 79.4 Å². The predicted molar refractivity (Wildman–Crippen MR) is 244 cm³/mol. The Labute approximate surface area is 404 Å². The van der Waals surface area contributed by atoms with Crippen LogP contribution in [0.3, 0.4) is 0 Å². The van der Waals surface area contributed by atoms with Crippen molar-refractivity contribution in [1.29, 1.82) is 0 Å². The van der Waals surface area contributed by atoms with E-state index in [-0.39, 0.29) is 31.1 Å². The molecule has 15 nitrogen and oxygen atoms in total. The fourth-order valence-electron chi connectivity index (χ4n) is 5.86. The zero-order valence-electron chi connectivity index (χ0n) is 38.5. The van der Waals surface area contributed by atoms with E-state index < -0.39 is 99.1 Å². The Morgan fingerprint density at radius 1 is 0.797 bits per heavy atom. The average Bonchev–Trinajstić information content (AvgIpc) is 3.73. The summed E-state index contributed by atoms with van der Waals surface area (Å²) in [4.78, 5) is 51.2. The van der Waals surface area contributed by atoms with Crippen molar-refractivity contribution >= 4 is 69.9 Å². The standard InChI is InChI=1S/C44H50F7N5O10S3/c1-10-15-52-35(61)23-17-30(32(59)33(60)34(23)68-39-56-55-38(69-39)67-21(4)36(62)64-9)66-29-19-25(54-37(63)42(45,46)43(47,48)44(49,50)51)27(57)18-26(29)53-31(58)20-65-28-14-13-22(40(5,6)11-2)16-24(28)41(7,8)12-3/h13-14,16-19,21,57,59-60H,10-12,15,20H2,1-9H3,(H,52,61)(H,53,58)(H,54,63). The molecule has 4 rings (SSSR count). The van der Waals surface area contributed by atoms with Crippen LogP contribution in [0.1, 0.15) is 96.1 Å². The molecule has 0 fully saturated rings. The number of phenols is 3. The molecule has 3 amide bonds. The lowest BCUT2D eigenvalue weighted by molar-refractivity contribution is -0.343. The molecule has 69 heavy (non-hydrogen) atoms. The number of aromatic hydroxyl groups is 3. The van der Waals surface area contributed by atoms with Crippen molar-refractivity contribution in [3.8, 4) is 34.5 Å². The van der Waals surface area contributed by atoms with E-state index in [4.69, 9.17) is 14.2 Å². The molecular formula is C44H50F7N5O10S3. The first-order valence-corrected chi connectivity index (χ1v) is 23.4. The number of methoxy groups -OCH3 is 1. The van der Waals surface area contributed by atoms with Crippen LogP contribution in [0.15, 0.2) is 50.0 Å². The number of hydrogen-bond acceptors (Lipinski definition) is 15. The number of amides is 3. The molecule has 0 aliphatic heterocycles. The number of halogens is 7. The average molecular weight is 1040 g/mol. The molecule has 0 bridgehead atoms. The maximum atomic E-state index is 14.5. The highest BCUT2D eigenvalue weighted by atomic mass is 32.2. The van der Waals surface area contributed by atoms with Crippen molar-refractivity contribution in [2.75, 3.05) is 30.9 Å². The Morgan fingerprint density at radius 3 is 2.03 bits per heavy atom. The maximum absolute atomic E-state index is 14.5. The highest BCUT2D eigenvalue weighted by Crippen LogP contribution is 2.51. The van der Waals surface area contributed by atoms with Gasteiger partial charge < -0.3 is 45.5 Å². The maximum Gasteiger partial charge on any atom is 0.460 e. The number of alkyl halides is 7. The van der Waals surface area contributed by atoms with Gasteiger partial charge in [0.25, 0.3) is 11.8 Å². The first kappa shape index (κ1) is 55.9. The van der Waals surface area contributed by atoms with Gasteiger partial charge >= 0.3 is 29.9 Å². The van der Waals surface area contributed by atoms with Crippen LogP contribution in [0.2, 0.25) is 0 Å². The number of rotatable bonds is 21. The quantitative estimate of drug-likeness (QED) is 0.0198. The fraction of sp³-hybridized carbons (Fsp3) is 0.455. The number of thioether (sulfide) groups is 1. The number of benzene rings is 3. The van der Waals surface area contributed by atoms with Crippen LogP contribution in [-0.2, 0) is 30.0 Å². The van der Waals surface area contributed by atoms with E-state index >= 15 is 0 Å². The highest BCUT2D eigenvalue weighted by molar-refractivity contribution is 8.04. The van der Waals surface area contributed by atoms with Crippen LogP contribution in [-0.4, -0.2) is 92.7 Å². The molecule has 1 heterocycles. The monoisotopic (exact) mass is 1040 g/mol. The van der Waals surface area contributed by atoms with Crippen LogP contribution in [0, 0.1) is 0 Å². The molecule has 0 saturated heterocycles. The van der Waals surface area contributed by atoms with Crippen molar-refractivity contribution in [2.24, 2.45) is 0 Å². The Morgan fingerprint density at radius 2 is 1.43 bits per heavy atom. The molecule has 0 radical (unpaired) electrons. The van der Waals surface area contributed by atoms with Gasteiger partial charge in [0.05, 0.1) is 28.9 Å². The SMILES string of the molecule is CCCNC(=O)c1cc(Oc2cc(NC(=O)C(F)(F)C(F)(F)C(F)(F)F)c(O)cc2NC(=O)COc2ccc(C(C)(C)CC)cc2C(C)(C)CC)c(O)c(O)c1Sc1nnc(SC(C)C(=O)OC)s1. The van der Waals surface area contributed by atoms with Crippen LogP contribution >= 0.6 is 34.9 Å². The van der Waals surface area contributed by atoms with Crippen LogP contribution in [0.5, 0.6) is 34.5 Å². The Kier molecular flexibility index (Phi) is 17.8. The van der Waals surface area contributed by atoms with E-state index in [1.165, 1.54) is 7.11 Å². The number of nitrogens with zero attached hydrogens (tertiary/aromatic N) is 2. The molecule has 0 aliphatic carbocycles. The van der Waals surface area contributed by atoms with Gasteiger partial charge in [0.2, 0.25) is 5.75 Å². The fourth-order valence-corrected chi connectivity index (χ4v) is 9.14. The second kappa shape index (κ2) is 21.9. The summed E-state index contributed by atoms with van der Waals surface area (Å²) in [7, 11) is 1.20. The Hall–Kier alpha value is -5.69. The van der Waals surface area contributed by atoms with E-state index in [0.717, 1.165) is 52.0 Å². The molecule has 4 aromatic rings. The highest BCUT2D eigenvalue weighted by Gasteiger charge is 2.76. The number of ether oxygens (including phenoxy) is 3. The third-order valence-corrected chi connectivity index (χ3v) is 14.1. The van der Waals surface area contributed by atoms with Gasteiger partial charge in [-0.05, 0) is 54.7 Å². The van der Waals surface area contributed by atoms with Crippen molar-refractivity contribution in [1.82, 2.24) is 15.5 Å². The summed E-state index contributed by atoms with van der Waals surface area (Å²) in [6.07, 6.45) is -4.99. The lowest BCUT2D eigenvalue weighted by Gasteiger charge is -2.30. The van der Waals surface area contributed by atoms with Crippen molar-refractivity contribution in [3.63, 3.8) is 0 Å². The van der Waals surface area contributed by atoms with Crippen LogP contribution in [0.4, 0.5) is 42.1 Å². The predicted octanol–water partition coefficient (Wildman–Crippen LogP) is 10.6. The van der Waals surface area contributed by atoms with E-state index in [2.05, 4.69) is 34.7 Å². The molecule has 0 aliphatic rings. The molecule has 6 N–H and O–H groups in total. The van der Waals surface area contributed by atoms with Crippen molar-refractivity contribution in [3.05, 3.63) is 53.1 Å². The van der Waals surface area contributed by atoms with Crippen LogP contribution in [0.25, 0.3) is 0 Å². The normalized spacial score (nSPS) is 12.8. The summed E-state index contributed by atoms with van der Waals surface area (Å²) in [5.41, 5.74) is -1.14. The summed E-state index contributed by atoms with van der Waals surface area (Å²) in [5, 5.41) is 46.8. The number of carbonyl (C=O) groups excluding carboxylic acids is 4. The zero-order chi connectivity index (χ0) is 52.0. The van der Waals surface area contributed by atoms with Gasteiger partial charge in [-0.3, -0.25) is 19.2 Å². The number of anilines is 2. The zero-order valence-corrected chi connectivity index (χ0v) is 41.0. The molecule has 0 spiro atoms. The van der Waals surface area contributed by atoms with Gasteiger partial charge in [0.1, 0.15) is 16.7 Å². The largest absolute Gasteiger partial charge is 0.506 e. The minimum absolute atomic E-state index is 0.0986. The summed E-state index contributed by atoms with van der Waals surface area (Å²) >= 11 is 2.59. The number of hydrogen-bond donors (Lipinski definition) is 6. The second-order valence-electron chi connectivity index (χ2n) is 16.5.